The second kappa shape index (κ2) is 18.9. The highest BCUT2D eigenvalue weighted by molar-refractivity contribution is 7.99. The molecule has 58 heavy (non-hydrogen) atoms. The van der Waals surface area contributed by atoms with Crippen LogP contribution in [0.5, 0.6) is 5.75 Å². The van der Waals surface area contributed by atoms with E-state index in [2.05, 4.69) is 65.6 Å². The molecule has 0 aliphatic carbocycles. The fourth-order valence-corrected chi connectivity index (χ4v) is 8.51. The average Bonchev–Trinajstić information content (AvgIpc) is 3.56. The van der Waals surface area contributed by atoms with Crippen molar-refractivity contribution in [1.29, 1.82) is 0 Å². The van der Waals surface area contributed by atoms with Gasteiger partial charge in [0.05, 0.1) is 5.56 Å². The van der Waals surface area contributed by atoms with E-state index < -0.39 is 23.2 Å². The molecule has 2 unspecified atom stereocenters. The van der Waals surface area contributed by atoms with E-state index in [1.807, 2.05) is 49.5 Å². The van der Waals surface area contributed by atoms with Crippen LogP contribution in [-0.2, 0) is 27.2 Å². The molecule has 302 valence electrons. The summed E-state index contributed by atoms with van der Waals surface area (Å²) in [5.41, 5.74) is 3.78. The first-order valence-electron chi connectivity index (χ1n) is 18.8. The van der Waals surface area contributed by atoms with E-state index in [-0.39, 0.29) is 12.1 Å². The summed E-state index contributed by atoms with van der Waals surface area (Å²) < 4.78 is 16.9. The lowest BCUT2D eigenvalue weighted by Gasteiger charge is -2.38. The van der Waals surface area contributed by atoms with Gasteiger partial charge in [0.25, 0.3) is 0 Å². The molecule has 2 N–H and O–H groups in total. The van der Waals surface area contributed by atoms with Crippen molar-refractivity contribution in [3.63, 3.8) is 0 Å². The van der Waals surface area contributed by atoms with Gasteiger partial charge in [-0.05, 0) is 98.8 Å². The Kier molecular flexibility index (Phi) is 13.8. The fourth-order valence-electron chi connectivity index (χ4n) is 6.95. The monoisotopic (exact) mass is 822 g/mol. The number of hydrogen-bond acceptors (Lipinski definition) is 11. The van der Waals surface area contributed by atoms with Gasteiger partial charge in [-0.25, -0.2) is 19.2 Å². The van der Waals surface area contributed by atoms with Crippen molar-refractivity contribution >= 4 is 52.4 Å². The molecule has 3 aliphatic rings. The lowest BCUT2D eigenvalue weighted by molar-refractivity contribution is -0.134. The van der Waals surface area contributed by atoms with Crippen LogP contribution in [0.2, 0.25) is 0 Å². The van der Waals surface area contributed by atoms with Crippen LogP contribution >= 0.6 is 23.5 Å². The second-order valence-corrected chi connectivity index (χ2v) is 16.6. The maximum absolute atomic E-state index is 12.4. The molecule has 4 aromatic carbocycles. The zero-order valence-electron chi connectivity index (χ0n) is 32.8. The number of rotatable bonds is 7. The lowest BCUT2D eigenvalue weighted by atomic mass is 9.96. The van der Waals surface area contributed by atoms with Gasteiger partial charge in [0, 0.05) is 83.0 Å². The summed E-state index contributed by atoms with van der Waals surface area (Å²) in [4.78, 5) is 52.3. The van der Waals surface area contributed by atoms with Crippen LogP contribution in [0.25, 0.3) is 11.0 Å². The van der Waals surface area contributed by atoms with Gasteiger partial charge in [0.2, 0.25) is 0 Å². The predicted octanol–water partition coefficient (Wildman–Crippen LogP) is 7.85. The number of carboxylic acid groups (broad SMARTS) is 2. The topological polar surface area (TPSA) is 147 Å². The highest BCUT2D eigenvalue weighted by Gasteiger charge is 2.40. The van der Waals surface area contributed by atoms with Crippen molar-refractivity contribution in [1.82, 2.24) is 9.80 Å². The maximum atomic E-state index is 12.4. The van der Waals surface area contributed by atoms with Crippen molar-refractivity contribution in [2.45, 2.75) is 59.1 Å². The molecule has 5 aromatic rings. The molecule has 0 spiro atoms. The molecule has 4 heterocycles. The van der Waals surface area contributed by atoms with Crippen molar-refractivity contribution in [2.24, 2.45) is 0 Å². The van der Waals surface area contributed by atoms with E-state index in [9.17, 15) is 19.2 Å². The maximum Gasteiger partial charge on any atom is 0.338 e. The molecule has 1 aromatic heterocycles. The number of esters is 1. The van der Waals surface area contributed by atoms with Crippen LogP contribution < -0.4 is 10.4 Å². The van der Waals surface area contributed by atoms with E-state index in [0.29, 0.717) is 41.5 Å². The Balaban J connectivity index is 0.000000166. The summed E-state index contributed by atoms with van der Waals surface area (Å²) >= 11 is 3.79. The minimum absolute atomic E-state index is 0.325. The Labute approximate surface area is 345 Å². The van der Waals surface area contributed by atoms with Gasteiger partial charge in [-0.3, -0.25) is 4.90 Å². The molecule has 13 heteroatoms. The number of likely N-dealkylation sites (N-methyl/N-ethyl adjacent to an activating group) is 1. The van der Waals surface area contributed by atoms with Gasteiger partial charge in [0.1, 0.15) is 23.0 Å². The molecule has 0 bridgehead atoms. The van der Waals surface area contributed by atoms with Crippen LogP contribution in [0.4, 0.5) is 0 Å². The number of ether oxygens (including phenoxy) is 2. The van der Waals surface area contributed by atoms with Crippen LogP contribution in [0.15, 0.2) is 133 Å². The molecule has 3 aliphatic heterocycles. The molecule has 0 amide bonds. The summed E-state index contributed by atoms with van der Waals surface area (Å²) in [6, 6.07) is 32.1. The van der Waals surface area contributed by atoms with Crippen molar-refractivity contribution in [3.05, 3.63) is 142 Å². The summed E-state index contributed by atoms with van der Waals surface area (Å²) in [6.45, 7) is 8.34. The molecule has 1 saturated heterocycles. The van der Waals surface area contributed by atoms with Gasteiger partial charge in [0.15, 0.2) is 0 Å². The van der Waals surface area contributed by atoms with Gasteiger partial charge < -0.3 is 29.0 Å². The van der Waals surface area contributed by atoms with Crippen molar-refractivity contribution in [2.75, 3.05) is 39.5 Å². The first-order valence-corrected chi connectivity index (χ1v) is 20.9. The first-order chi connectivity index (χ1) is 27.8. The predicted molar refractivity (Wildman–Crippen MR) is 225 cm³/mol. The number of piperazine rings is 1. The standard InChI is InChI=1S/C21H18O5.C20H24N2S2.C4H4O4/c1-21(2,26-20(23)13-6-4-3-5-7-13)18-11-15-10-14-8-9-19(22)25-16(14)12-17(15)24-18;1-21-9-11-22(12-10-21)18-13-15-5-3-4-6-19(15)24-20-8-7-16(23-2)14-17(18)20;5-3(6)1-2-4(7)8/h3-10,12,18H,11H2,1-2H3;3-8,14,18H,9-13H2,1-2H3;1-2H,(H,5,6)(H,7,8). The number of nitrogens with zero attached hydrogens (tertiary/aromatic N) is 2. The van der Waals surface area contributed by atoms with Crippen molar-refractivity contribution < 1.29 is 38.5 Å². The smallest absolute Gasteiger partial charge is 0.338 e. The minimum atomic E-state index is -1.26. The number of carboxylic acids is 2. The number of carbonyl (C=O) groups is 3. The third-order valence-electron chi connectivity index (χ3n) is 10.1. The number of aliphatic carboxylic acids is 2. The Morgan fingerprint density at radius 2 is 1.52 bits per heavy atom. The number of fused-ring (bicyclic) bond motifs is 4. The summed E-state index contributed by atoms with van der Waals surface area (Å²) in [5.74, 6) is -2.24. The quantitative estimate of drug-likeness (QED) is 0.0712. The number of benzene rings is 4. The fraction of sp³-hybridized carbons (Fsp3) is 0.289. The third kappa shape index (κ3) is 10.8. The number of hydrogen-bond donors (Lipinski definition) is 2. The molecular weight excluding hydrogens is 777 g/mol. The van der Waals surface area contributed by atoms with Gasteiger partial charge in [-0.2, -0.15) is 0 Å². The molecule has 1 fully saturated rings. The number of carbonyl (C=O) groups excluding carboxylic acids is 1. The zero-order chi connectivity index (χ0) is 41.4. The second-order valence-electron chi connectivity index (χ2n) is 14.6. The largest absolute Gasteiger partial charge is 0.485 e. The SMILES string of the molecule is CC(C)(OC(=O)c1ccccc1)C1Cc2cc3ccc(=O)oc3cc2O1.CSc1ccc2c(c1)C(N1CCN(C)CC1)Cc1ccccc1S2.O=C(O)C=CC(=O)O. The molecule has 2 atom stereocenters. The summed E-state index contributed by atoms with van der Waals surface area (Å²) in [5, 5.41) is 16.5. The Hall–Kier alpha value is -5.34. The first kappa shape index (κ1) is 42.3. The zero-order valence-corrected chi connectivity index (χ0v) is 34.4. The van der Waals surface area contributed by atoms with Crippen LogP contribution in [0, 0.1) is 0 Å². The van der Waals surface area contributed by atoms with Gasteiger partial charge in [-0.1, -0.05) is 48.2 Å². The Morgan fingerprint density at radius 3 is 2.21 bits per heavy atom. The lowest BCUT2D eigenvalue weighted by Crippen LogP contribution is -2.46. The van der Waals surface area contributed by atoms with E-state index in [1.54, 1.807) is 36.4 Å². The highest BCUT2D eigenvalue weighted by Crippen LogP contribution is 2.44. The average molecular weight is 823 g/mol. The minimum Gasteiger partial charge on any atom is -0.485 e. The van der Waals surface area contributed by atoms with E-state index >= 15 is 0 Å². The molecule has 0 saturated carbocycles. The van der Waals surface area contributed by atoms with E-state index in [1.165, 1.54) is 45.0 Å². The summed E-state index contributed by atoms with van der Waals surface area (Å²) in [6.07, 6.45) is 4.70. The summed E-state index contributed by atoms with van der Waals surface area (Å²) in [7, 11) is 2.23. The third-order valence-corrected chi connectivity index (χ3v) is 12.1. The van der Waals surface area contributed by atoms with Gasteiger partial charge in [-0.15, -0.1) is 11.8 Å². The molecular formula is C45H46N2O9S2. The highest BCUT2D eigenvalue weighted by atomic mass is 32.2. The normalized spacial score (nSPS) is 17.6. The van der Waals surface area contributed by atoms with Crippen LogP contribution in [-0.4, -0.2) is 89.1 Å². The van der Waals surface area contributed by atoms with E-state index in [4.69, 9.17) is 24.1 Å². The number of thioether (sulfide) groups is 1. The Morgan fingerprint density at radius 1 is 0.828 bits per heavy atom. The van der Waals surface area contributed by atoms with Gasteiger partial charge >= 0.3 is 23.5 Å². The molecule has 11 nitrogen and oxygen atoms in total. The van der Waals surface area contributed by atoms with E-state index in [0.717, 1.165) is 30.5 Å². The van der Waals surface area contributed by atoms with Crippen LogP contribution in [0.3, 0.4) is 0 Å². The van der Waals surface area contributed by atoms with Crippen molar-refractivity contribution in [3.8, 4) is 5.75 Å². The van der Waals surface area contributed by atoms with Crippen LogP contribution in [0.1, 0.15) is 46.9 Å². The Bertz CT molecular complexity index is 2340. The molecule has 0 radical (unpaired) electrons. The molecule has 8 rings (SSSR count).